The van der Waals surface area contributed by atoms with Crippen LogP contribution >= 0.6 is 35.0 Å². The first-order valence-corrected chi connectivity index (χ1v) is 17.3. The highest BCUT2D eigenvalue weighted by Gasteiger charge is 2.34. The van der Waals surface area contributed by atoms with Gasteiger partial charge in [0.15, 0.2) is 0 Å². The van der Waals surface area contributed by atoms with Gasteiger partial charge in [0.2, 0.25) is 17.7 Å². The summed E-state index contributed by atoms with van der Waals surface area (Å²) in [5.41, 5.74) is 8.93. The molecule has 0 fully saturated rings. The average molecular weight is 713 g/mol. The number of carbonyl (C=O) groups is 3. The smallest absolute Gasteiger partial charge is 0.245 e. The number of pyridine rings is 1. The number of rotatable bonds is 7. The molecule has 2 aromatic carbocycles. The molecule has 4 aromatic rings. The van der Waals surface area contributed by atoms with Crippen molar-refractivity contribution >= 4 is 63.6 Å². The first-order chi connectivity index (χ1) is 23.2. The van der Waals surface area contributed by atoms with Crippen molar-refractivity contribution in [1.82, 2.24) is 30.8 Å². The number of aromatic nitrogens is 2. The van der Waals surface area contributed by atoms with Crippen LogP contribution in [-0.4, -0.2) is 76.0 Å². The number of hydrogen-bond acceptors (Lipinski definition) is 8. The Bertz CT molecular complexity index is 1770. The molecule has 0 radical (unpaired) electrons. The number of likely N-dealkylation sites (N-methyl/N-ethyl adjacent to an activating group) is 1. The second kappa shape index (κ2) is 16.6. The molecule has 48 heavy (non-hydrogen) atoms. The van der Waals surface area contributed by atoms with E-state index in [1.54, 1.807) is 31.4 Å². The molecule has 254 valence electrons. The molecule has 5 rings (SSSR count). The van der Waals surface area contributed by atoms with Gasteiger partial charge in [-0.2, -0.15) is 0 Å². The van der Waals surface area contributed by atoms with Gasteiger partial charge in [-0.15, -0.1) is 0 Å². The number of nitrogens with two attached hydrogens (primary N) is 1. The van der Waals surface area contributed by atoms with Crippen molar-refractivity contribution in [1.29, 1.82) is 0 Å². The van der Waals surface area contributed by atoms with E-state index < -0.39 is 42.5 Å². The Kier molecular flexibility index (Phi) is 12.4. The maximum atomic E-state index is 14.2. The summed E-state index contributed by atoms with van der Waals surface area (Å²) in [5.74, 6) is -1.37. The second-order valence-corrected chi connectivity index (χ2v) is 13.5. The van der Waals surface area contributed by atoms with Gasteiger partial charge in [-0.05, 0) is 66.8 Å². The highest BCUT2D eigenvalue weighted by Crippen LogP contribution is 2.38. The molecule has 14 heteroatoms. The Morgan fingerprint density at radius 3 is 2.62 bits per heavy atom. The minimum absolute atomic E-state index is 0.0809. The SMILES string of the molecule is CN1C(=O)C(CCCCN)NC(=O)C(CO)NCc2cccnc2Sc2c(Cl)cc(Cl)cc2CNC(=O)C1Cc1c[nH]c2ccccc12. The van der Waals surface area contributed by atoms with Crippen molar-refractivity contribution in [3.05, 3.63) is 87.7 Å². The summed E-state index contributed by atoms with van der Waals surface area (Å²) >= 11 is 14.4. The molecule has 2 aromatic heterocycles. The number of fused-ring (bicyclic) bond motifs is 3. The van der Waals surface area contributed by atoms with Crippen LogP contribution in [-0.2, 0) is 33.9 Å². The molecular weight excluding hydrogens is 673 g/mol. The fourth-order valence-electron chi connectivity index (χ4n) is 5.72. The van der Waals surface area contributed by atoms with E-state index in [1.807, 2.05) is 36.5 Å². The van der Waals surface area contributed by atoms with Crippen LogP contribution < -0.4 is 21.7 Å². The number of hydrogen-bond donors (Lipinski definition) is 6. The van der Waals surface area contributed by atoms with Gasteiger partial charge in [0.05, 0.1) is 11.6 Å². The van der Waals surface area contributed by atoms with E-state index in [-0.39, 0.29) is 19.5 Å². The highest BCUT2D eigenvalue weighted by molar-refractivity contribution is 7.99. The highest BCUT2D eigenvalue weighted by atomic mass is 35.5. The number of halogens is 2. The Labute approximate surface area is 293 Å². The summed E-state index contributed by atoms with van der Waals surface area (Å²) in [7, 11) is 1.57. The number of nitrogens with zero attached hydrogens (tertiary/aromatic N) is 2. The third-order valence-electron chi connectivity index (χ3n) is 8.39. The zero-order valence-corrected chi connectivity index (χ0v) is 28.8. The number of aromatic amines is 1. The zero-order valence-electron chi connectivity index (χ0n) is 26.5. The van der Waals surface area contributed by atoms with Gasteiger partial charge >= 0.3 is 0 Å². The lowest BCUT2D eigenvalue weighted by molar-refractivity contribution is -0.142. The van der Waals surface area contributed by atoms with Crippen LogP contribution in [0.2, 0.25) is 10.0 Å². The molecule has 1 aliphatic rings. The van der Waals surface area contributed by atoms with Crippen molar-refractivity contribution in [2.45, 2.75) is 66.8 Å². The summed E-state index contributed by atoms with van der Waals surface area (Å²) in [6.45, 7) is 0.201. The lowest BCUT2D eigenvalue weighted by atomic mass is 10.0. The van der Waals surface area contributed by atoms with Crippen LogP contribution in [0.4, 0.5) is 0 Å². The van der Waals surface area contributed by atoms with E-state index in [0.717, 1.165) is 22.0 Å². The second-order valence-electron chi connectivity index (χ2n) is 11.7. The van der Waals surface area contributed by atoms with Gasteiger partial charge in [0.25, 0.3) is 0 Å². The number of amides is 3. The molecule has 0 saturated heterocycles. The molecule has 7 N–H and O–H groups in total. The standard InChI is InChI=1S/C34H39Cl2N7O4S/c1-43-29(14-21-17-39-26-9-3-2-8-24(21)26)32(46)41-18-22-13-23(35)15-25(36)30(22)48-33-20(7-6-12-38-33)16-40-28(19-44)31(45)42-27(34(43)47)10-4-5-11-37/h2-3,6-9,12-13,15,17,27-29,39-40,44H,4-5,10-11,14,16,18-19,37H2,1H3,(H,41,46)(H,42,45). The fourth-order valence-corrected chi connectivity index (χ4v) is 7.36. The zero-order chi connectivity index (χ0) is 34.2. The monoisotopic (exact) mass is 711 g/mol. The summed E-state index contributed by atoms with van der Waals surface area (Å²) in [6, 6.07) is 11.8. The molecule has 0 spiro atoms. The van der Waals surface area contributed by atoms with Gasteiger partial charge in [0, 0.05) is 59.8 Å². The summed E-state index contributed by atoms with van der Waals surface area (Å²) in [6.07, 6.45) is 5.23. The Morgan fingerprint density at radius 2 is 1.83 bits per heavy atom. The molecule has 3 unspecified atom stereocenters. The lowest BCUT2D eigenvalue weighted by Crippen LogP contribution is -2.57. The third-order valence-corrected chi connectivity index (χ3v) is 10.3. The van der Waals surface area contributed by atoms with Gasteiger partial charge in [0.1, 0.15) is 23.2 Å². The molecule has 0 bridgehead atoms. The van der Waals surface area contributed by atoms with E-state index >= 15 is 0 Å². The molecule has 3 atom stereocenters. The minimum atomic E-state index is -1.02. The van der Waals surface area contributed by atoms with Crippen LogP contribution in [0, 0.1) is 0 Å². The van der Waals surface area contributed by atoms with Crippen molar-refractivity contribution in [3.63, 3.8) is 0 Å². The first kappa shape index (κ1) is 35.7. The molecule has 3 heterocycles. The molecule has 0 aliphatic carbocycles. The first-order valence-electron chi connectivity index (χ1n) is 15.7. The number of H-pyrrole nitrogens is 1. The predicted molar refractivity (Wildman–Crippen MR) is 188 cm³/mol. The normalized spacial score (nSPS) is 19.7. The number of aliphatic hydroxyl groups excluding tert-OH is 1. The van der Waals surface area contributed by atoms with E-state index in [0.29, 0.717) is 51.3 Å². The molecule has 0 saturated carbocycles. The molecule has 3 amide bonds. The van der Waals surface area contributed by atoms with Gasteiger partial charge in [-0.3, -0.25) is 19.7 Å². The lowest BCUT2D eigenvalue weighted by Gasteiger charge is -2.31. The quantitative estimate of drug-likeness (QED) is 0.158. The fraction of sp³-hybridized carbons (Fsp3) is 0.353. The van der Waals surface area contributed by atoms with E-state index in [4.69, 9.17) is 28.9 Å². The van der Waals surface area contributed by atoms with Crippen molar-refractivity contribution in [3.8, 4) is 0 Å². The number of para-hydroxylation sites is 1. The van der Waals surface area contributed by atoms with E-state index in [1.165, 1.54) is 16.7 Å². The van der Waals surface area contributed by atoms with Crippen LogP contribution in [0.1, 0.15) is 36.0 Å². The maximum Gasteiger partial charge on any atom is 0.245 e. The van der Waals surface area contributed by atoms with Crippen molar-refractivity contribution in [2.75, 3.05) is 20.2 Å². The summed E-state index contributed by atoms with van der Waals surface area (Å²) in [5, 5.41) is 21.5. The Hall–Kier alpha value is -3.65. The molecule has 11 nitrogen and oxygen atoms in total. The topological polar surface area (TPSA) is 165 Å². The van der Waals surface area contributed by atoms with E-state index in [2.05, 4.69) is 25.9 Å². The van der Waals surface area contributed by atoms with Gasteiger partial charge in [-0.25, -0.2) is 4.98 Å². The summed E-state index contributed by atoms with van der Waals surface area (Å²) in [4.78, 5) is 51.7. The van der Waals surface area contributed by atoms with Crippen LogP contribution in [0.3, 0.4) is 0 Å². The third kappa shape index (κ3) is 8.49. The Balaban J connectivity index is 1.56. The number of aliphatic hydroxyl groups is 1. The van der Waals surface area contributed by atoms with Crippen LogP contribution in [0.5, 0.6) is 0 Å². The minimum Gasteiger partial charge on any atom is -0.394 e. The summed E-state index contributed by atoms with van der Waals surface area (Å²) < 4.78 is 0. The predicted octanol–water partition coefficient (Wildman–Crippen LogP) is 3.78. The molecule has 1 aliphatic heterocycles. The van der Waals surface area contributed by atoms with Crippen molar-refractivity contribution < 1.29 is 19.5 Å². The number of benzene rings is 2. The van der Waals surface area contributed by atoms with Crippen LogP contribution in [0.25, 0.3) is 10.9 Å². The number of carbonyl (C=O) groups excluding carboxylic acids is 3. The average Bonchev–Trinajstić information content (AvgIpc) is 3.49. The molecular formula is C34H39Cl2N7O4S. The van der Waals surface area contributed by atoms with Gasteiger partial charge in [-0.1, -0.05) is 59.2 Å². The van der Waals surface area contributed by atoms with E-state index in [9.17, 15) is 19.5 Å². The van der Waals surface area contributed by atoms with Crippen molar-refractivity contribution in [2.24, 2.45) is 5.73 Å². The van der Waals surface area contributed by atoms with Crippen LogP contribution in [0.15, 0.2) is 70.8 Å². The largest absolute Gasteiger partial charge is 0.394 e. The Morgan fingerprint density at radius 1 is 1.02 bits per heavy atom. The van der Waals surface area contributed by atoms with Gasteiger partial charge < -0.3 is 31.4 Å². The number of unbranched alkanes of at least 4 members (excludes halogenated alkanes) is 1. The maximum absolute atomic E-state index is 14.2. The number of nitrogens with one attached hydrogen (secondary N) is 4.